The fourth-order valence-corrected chi connectivity index (χ4v) is 3.04. The molecule has 1 aliphatic rings. The van der Waals surface area contributed by atoms with Crippen molar-refractivity contribution in [3.05, 3.63) is 58.4 Å². The molecule has 0 radical (unpaired) electrons. The molecular formula is C18H23FN4O2. The van der Waals surface area contributed by atoms with Crippen LogP contribution in [0.1, 0.15) is 18.5 Å². The van der Waals surface area contributed by atoms with Crippen molar-refractivity contribution >= 4 is 5.82 Å². The Morgan fingerprint density at radius 1 is 1.28 bits per heavy atom. The number of ether oxygens (including phenoxy) is 1. The maximum atomic E-state index is 13.3. The van der Waals surface area contributed by atoms with Gasteiger partial charge in [-0.05, 0) is 24.6 Å². The highest BCUT2D eigenvalue weighted by Crippen LogP contribution is 2.22. The molecule has 1 N–H and O–H groups in total. The second kappa shape index (κ2) is 8.22. The maximum absolute atomic E-state index is 13.3. The van der Waals surface area contributed by atoms with Crippen molar-refractivity contribution in [3.63, 3.8) is 0 Å². The largest absolute Gasteiger partial charge is 0.379 e. The number of rotatable bonds is 6. The first-order valence-corrected chi connectivity index (χ1v) is 8.55. The molecule has 0 amide bonds. The smallest absolute Gasteiger partial charge is 0.293 e. The van der Waals surface area contributed by atoms with Crippen molar-refractivity contribution in [3.8, 4) is 0 Å². The summed E-state index contributed by atoms with van der Waals surface area (Å²) in [5, 5.41) is 3.18. The highest BCUT2D eigenvalue weighted by atomic mass is 19.1. The van der Waals surface area contributed by atoms with Crippen LogP contribution in [-0.4, -0.2) is 47.3 Å². The van der Waals surface area contributed by atoms with E-state index in [0.717, 1.165) is 18.7 Å². The van der Waals surface area contributed by atoms with E-state index in [2.05, 4.69) is 15.2 Å². The van der Waals surface area contributed by atoms with Crippen molar-refractivity contribution < 1.29 is 9.13 Å². The van der Waals surface area contributed by atoms with Gasteiger partial charge in [0.1, 0.15) is 5.82 Å². The molecule has 2 heterocycles. The maximum Gasteiger partial charge on any atom is 0.293 e. The van der Waals surface area contributed by atoms with E-state index in [1.54, 1.807) is 29.1 Å². The number of benzene rings is 1. The van der Waals surface area contributed by atoms with Gasteiger partial charge in [0.25, 0.3) is 5.56 Å². The van der Waals surface area contributed by atoms with Crippen LogP contribution in [0.5, 0.6) is 0 Å². The number of morpholine rings is 1. The lowest BCUT2D eigenvalue weighted by Crippen LogP contribution is -2.42. The normalized spacial score (nSPS) is 16.6. The quantitative estimate of drug-likeness (QED) is 0.866. The molecule has 0 bridgehead atoms. The number of hydrogen-bond donors (Lipinski definition) is 1. The minimum Gasteiger partial charge on any atom is -0.379 e. The number of aromatic nitrogens is 2. The Hall–Kier alpha value is -2.25. The Balaban J connectivity index is 1.80. The standard InChI is InChI=1S/C18H23FN4O2/c1-2-22-8-7-20-17(18(22)24)21-13-16(23-9-11-25-12-10-23)14-3-5-15(19)6-4-14/h3-8,16H,2,9-13H2,1H3,(H,20,21). The molecule has 0 aliphatic carbocycles. The van der Waals surface area contributed by atoms with Gasteiger partial charge in [0, 0.05) is 38.6 Å². The van der Waals surface area contributed by atoms with Crippen LogP contribution in [0.15, 0.2) is 41.5 Å². The fourth-order valence-electron chi connectivity index (χ4n) is 3.04. The lowest BCUT2D eigenvalue weighted by atomic mass is 10.0. The van der Waals surface area contributed by atoms with E-state index in [0.29, 0.717) is 32.1 Å². The SMILES string of the molecule is CCn1ccnc(NCC(c2ccc(F)cc2)N2CCOCC2)c1=O. The zero-order valence-corrected chi connectivity index (χ0v) is 14.3. The molecule has 1 aliphatic heterocycles. The number of aryl methyl sites for hydroxylation is 1. The Bertz CT molecular complexity index is 741. The van der Waals surface area contributed by atoms with Crippen molar-refractivity contribution in [1.82, 2.24) is 14.5 Å². The van der Waals surface area contributed by atoms with Gasteiger partial charge in [-0.2, -0.15) is 0 Å². The van der Waals surface area contributed by atoms with Gasteiger partial charge in [0.05, 0.1) is 19.3 Å². The summed E-state index contributed by atoms with van der Waals surface area (Å²) in [6.07, 6.45) is 3.29. The summed E-state index contributed by atoms with van der Waals surface area (Å²) in [5.41, 5.74) is 0.868. The van der Waals surface area contributed by atoms with Crippen LogP contribution in [-0.2, 0) is 11.3 Å². The summed E-state index contributed by atoms with van der Waals surface area (Å²) in [6.45, 7) is 5.97. The van der Waals surface area contributed by atoms with Gasteiger partial charge in [-0.1, -0.05) is 12.1 Å². The van der Waals surface area contributed by atoms with Gasteiger partial charge in [-0.3, -0.25) is 9.69 Å². The third-order valence-electron chi connectivity index (χ3n) is 4.46. The average Bonchev–Trinajstić information content (AvgIpc) is 2.65. The third-order valence-corrected chi connectivity index (χ3v) is 4.46. The summed E-state index contributed by atoms with van der Waals surface area (Å²) in [4.78, 5) is 18.8. The molecule has 1 atom stereocenters. The van der Waals surface area contributed by atoms with Crippen LogP contribution in [0.4, 0.5) is 10.2 Å². The Morgan fingerprint density at radius 2 is 2.00 bits per heavy atom. The highest BCUT2D eigenvalue weighted by Gasteiger charge is 2.23. The zero-order valence-electron chi connectivity index (χ0n) is 14.3. The molecule has 1 aromatic carbocycles. The van der Waals surface area contributed by atoms with Crippen molar-refractivity contribution in [2.75, 3.05) is 38.2 Å². The topological polar surface area (TPSA) is 59.4 Å². The van der Waals surface area contributed by atoms with Gasteiger partial charge >= 0.3 is 0 Å². The van der Waals surface area contributed by atoms with Crippen LogP contribution in [0.3, 0.4) is 0 Å². The van der Waals surface area contributed by atoms with Gasteiger partial charge in [-0.25, -0.2) is 9.37 Å². The monoisotopic (exact) mass is 346 g/mol. The van der Waals surface area contributed by atoms with Crippen LogP contribution >= 0.6 is 0 Å². The molecule has 1 aromatic heterocycles. The first kappa shape index (κ1) is 17.6. The lowest BCUT2D eigenvalue weighted by Gasteiger charge is -2.35. The Kier molecular flexibility index (Phi) is 5.78. The number of anilines is 1. The van der Waals surface area contributed by atoms with Gasteiger partial charge in [0.2, 0.25) is 0 Å². The van der Waals surface area contributed by atoms with Crippen LogP contribution < -0.4 is 10.9 Å². The molecule has 1 unspecified atom stereocenters. The fraction of sp³-hybridized carbons (Fsp3) is 0.444. The Labute approximate surface area is 146 Å². The second-order valence-corrected chi connectivity index (χ2v) is 5.96. The summed E-state index contributed by atoms with van der Waals surface area (Å²) >= 11 is 0. The van der Waals surface area contributed by atoms with Crippen molar-refractivity contribution in [2.45, 2.75) is 19.5 Å². The van der Waals surface area contributed by atoms with E-state index in [4.69, 9.17) is 4.74 Å². The van der Waals surface area contributed by atoms with E-state index >= 15 is 0 Å². The molecule has 1 fully saturated rings. The highest BCUT2D eigenvalue weighted by molar-refractivity contribution is 5.32. The molecule has 3 rings (SSSR count). The lowest BCUT2D eigenvalue weighted by molar-refractivity contribution is 0.0187. The van der Waals surface area contributed by atoms with Crippen molar-refractivity contribution in [1.29, 1.82) is 0 Å². The molecule has 25 heavy (non-hydrogen) atoms. The second-order valence-electron chi connectivity index (χ2n) is 5.96. The molecular weight excluding hydrogens is 323 g/mol. The summed E-state index contributed by atoms with van der Waals surface area (Å²) in [5.74, 6) is 0.0812. The minimum absolute atomic E-state index is 0.0148. The van der Waals surface area contributed by atoms with E-state index in [-0.39, 0.29) is 17.4 Å². The molecule has 2 aromatic rings. The predicted molar refractivity (Wildman–Crippen MR) is 94.2 cm³/mol. The number of halogens is 1. The first-order chi connectivity index (χ1) is 12.2. The Morgan fingerprint density at radius 3 is 2.68 bits per heavy atom. The molecule has 134 valence electrons. The van der Waals surface area contributed by atoms with Crippen LogP contribution in [0, 0.1) is 5.82 Å². The first-order valence-electron chi connectivity index (χ1n) is 8.55. The van der Waals surface area contributed by atoms with E-state index in [9.17, 15) is 9.18 Å². The van der Waals surface area contributed by atoms with Gasteiger partial charge in [0.15, 0.2) is 5.82 Å². The number of hydrogen-bond acceptors (Lipinski definition) is 5. The number of nitrogens with one attached hydrogen (secondary N) is 1. The summed E-state index contributed by atoms with van der Waals surface area (Å²) < 4.78 is 20.3. The summed E-state index contributed by atoms with van der Waals surface area (Å²) in [6, 6.07) is 6.53. The summed E-state index contributed by atoms with van der Waals surface area (Å²) in [7, 11) is 0. The van der Waals surface area contributed by atoms with Gasteiger partial charge in [-0.15, -0.1) is 0 Å². The molecule has 0 saturated carbocycles. The van der Waals surface area contributed by atoms with E-state index < -0.39 is 0 Å². The minimum atomic E-state index is -0.256. The van der Waals surface area contributed by atoms with Crippen LogP contribution in [0.2, 0.25) is 0 Å². The molecule has 1 saturated heterocycles. The molecule has 7 heteroatoms. The number of nitrogens with zero attached hydrogens (tertiary/aromatic N) is 3. The van der Waals surface area contributed by atoms with Gasteiger partial charge < -0.3 is 14.6 Å². The zero-order chi connectivity index (χ0) is 17.6. The predicted octanol–water partition coefficient (Wildman–Crippen LogP) is 1.89. The van der Waals surface area contributed by atoms with Crippen molar-refractivity contribution in [2.24, 2.45) is 0 Å². The van der Waals surface area contributed by atoms with Crippen LogP contribution in [0.25, 0.3) is 0 Å². The van der Waals surface area contributed by atoms with E-state index in [1.165, 1.54) is 12.1 Å². The van der Waals surface area contributed by atoms with E-state index in [1.807, 2.05) is 6.92 Å². The molecule has 6 nitrogen and oxygen atoms in total. The average molecular weight is 346 g/mol. The molecule has 0 spiro atoms. The third kappa shape index (κ3) is 4.24.